The fourth-order valence-electron chi connectivity index (χ4n) is 2.01. The van der Waals surface area contributed by atoms with Crippen molar-refractivity contribution in [2.75, 3.05) is 27.2 Å². The summed E-state index contributed by atoms with van der Waals surface area (Å²) in [5.74, 6) is -0.0200. The van der Waals surface area contributed by atoms with Crippen molar-refractivity contribution < 1.29 is 9.59 Å². The molecule has 0 saturated carbocycles. The Morgan fingerprint density at radius 3 is 2.33 bits per heavy atom. The number of ketones is 1. The maximum Gasteiger partial charge on any atom is 0.220 e. The van der Waals surface area contributed by atoms with Gasteiger partial charge < -0.3 is 10.2 Å². The van der Waals surface area contributed by atoms with E-state index in [0.29, 0.717) is 12.1 Å². The van der Waals surface area contributed by atoms with Crippen LogP contribution in [0.2, 0.25) is 0 Å². The standard InChI is InChI=1S/C17H26N2O2/c1-4-14-6-8-15(9-7-14)16(20)10-11-17(21)18-12-5-13-19(2)3/h6-9H,4-5,10-13H2,1-3H3,(H,18,21). The van der Waals surface area contributed by atoms with Crippen molar-refractivity contribution >= 4 is 11.7 Å². The van der Waals surface area contributed by atoms with Crippen LogP contribution in [0.4, 0.5) is 0 Å². The molecule has 0 fully saturated rings. The molecule has 0 spiro atoms. The number of carbonyl (C=O) groups excluding carboxylic acids is 2. The van der Waals surface area contributed by atoms with Gasteiger partial charge in [0.1, 0.15) is 0 Å². The van der Waals surface area contributed by atoms with Crippen molar-refractivity contribution in [2.24, 2.45) is 0 Å². The van der Waals surface area contributed by atoms with E-state index in [1.165, 1.54) is 5.56 Å². The van der Waals surface area contributed by atoms with E-state index in [-0.39, 0.29) is 24.5 Å². The summed E-state index contributed by atoms with van der Waals surface area (Å²) in [5, 5.41) is 2.85. The van der Waals surface area contributed by atoms with Gasteiger partial charge in [-0.2, -0.15) is 0 Å². The smallest absolute Gasteiger partial charge is 0.220 e. The van der Waals surface area contributed by atoms with Crippen LogP contribution in [0.25, 0.3) is 0 Å². The van der Waals surface area contributed by atoms with Gasteiger partial charge >= 0.3 is 0 Å². The van der Waals surface area contributed by atoms with E-state index in [9.17, 15) is 9.59 Å². The van der Waals surface area contributed by atoms with Crippen LogP contribution < -0.4 is 5.32 Å². The molecule has 4 nitrogen and oxygen atoms in total. The third kappa shape index (κ3) is 7.04. The molecule has 0 radical (unpaired) electrons. The minimum absolute atomic E-state index is 0.0288. The molecule has 0 bridgehead atoms. The molecule has 0 aromatic heterocycles. The molecule has 116 valence electrons. The first-order valence-electron chi connectivity index (χ1n) is 7.56. The number of Topliss-reactive ketones (excluding diaryl/α,β-unsaturated/α-hetero) is 1. The SMILES string of the molecule is CCc1ccc(C(=O)CCC(=O)NCCCN(C)C)cc1. The monoisotopic (exact) mass is 290 g/mol. The number of nitrogens with one attached hydrogen (secondary N) is 1. The summed E-state index contributed by atoms with van der Waals surface area (Å²) in [5.41, 5.74) is 1.90. The molecule has 0 aliphatic rings. The summed E-state index contributed by atoms with van der Waals surface area (Å²) < 4.78 is 0. The molecule has 1 amide bonds. The zero-order valence-corrected chi connectivity index (χ0v) is 13.3. The van der Waals surface area contributed by atoms with Gasteiger partial charge in [-0.25, -0.2) is 0 Å². The van der Waals surface area contributed by atoms with E-state index >= 15 is 0 Å². The second kappa shape index (κ2) is 9.29. The number of amides is 1. The highest BCUT2D eigenvalue weighted by Gasteiger charge is 2.09. The van der Waals surface area contributed by atoms with Crippen LogP contribution in [0, 0.1) is 0 Å². The Balaban J connectivity index is 2.26. The lowest BCUT2D eigenvalue weighted by molar-refractivity contribution is -0.121. The molecule has 1 rings (SSSR count). The topological polar surface area (TPSA) is 49.4 Å². The molecule has 0 saturated heterocycles. The maximum absolute atomic E-state index is 12.0. The predicted octanol–water partition coefficient (Wildman–Crippen LogP) is 2.28. The van der Waals surface area contributed by atoms with Gasteiger partial charge in [-0.3, -0.25) is 9.59 Å². The van der Waals surface area contributed by atoms with Gasteiger partial charge in [0.05, 0.1) is 0 Å². The van der Waals surface area contributed by atoms with Gasteiger partial charge in [-0.1, -0.05) is 31.2 Å². The average molecular weight is 290 g/mol. The summed E-state index contributed by atoms with van der Waals surface area (Å²) in [7, 11) is 4.01. The lowest BCUT2D eigenvalue weighted by atomic mass is 10.0. The summed E-state index contributed by atoms with van der Waals surface area (Å²) >= 11 is 0. The molecule has 0 atom stereocenters. The summed E-state index contributed by atoms with van der Waals surface area (Å²) in [6.45, 7) is 3.69. The zero-order valence-electron chi connectivity index (χ0n) is 13.3. The van der Waals surface area contributed by atoms with Gasteiger partial charge in [0.25, 0.3) is 0 Å². The largest absolute Gasteiger partial charge is 0.356 e. The summed E-state index contributed by atoms with van der Waals surface area (Å²) in [4.78, 5) is 25.7. The van der Waals surface area contributed by atoms with E-state index in [0.717, 1.165) is 19.4 Å². The lowest BCUT2D eigenvalue weighted by Crippen LogP contribution is -2.27. The fourth-order valence-corrected chi connectivity index (χ4v) is 2.01. The first-order chi connectivity index (χ1) is 10.0. The van der Waals surface area contributed by atoms with E-state index in [1.807, 2.05) is 38.4 Å². The predicted molar refractivity (Wildman–Crippen MR) is 85.6 cm³/mol. The van der Waals surface area contributed by atoms with E-state index in [1.54, 1.807) is 0 Å². The number of benzene rings is 1. The van der Waals surface area contributed by atoms with Crippen LogP contribution in [0.1, 0.15) is 42.1 Å². The van der Waals surface area contributed by atoms with Crippen LogP contribution >= 0.6 is 0 Å². The van der Waals surface area contributed by atoms with Gasteiger partial charge in [0, 0.05) is 24.9 Å². The molecule has 4 heteroatoms. The highest BCUT2D eigenvalue weighted by molar-refractivity contribution is 5.97. The number of carbonyl (C=O) groups is 2. The van der Waals surface area contributed by atoms with Crippen LogP contribution in [-0.4, -0.2) is 43.8 Å². The highest BCUT2D eigenvalue weighted by Crippen LogP contribution is 2.08. The summed E-state index contributed by atoms with van der Waals surface area (Å²) in [6.07, 6.45) is 2.41. The molecule has 21 heavy (non-hydrogen) atoms. The van der Waals surface area contributed by atoms with Gasteiger partial charge in [-0.15, -0.1) is 0 Å². The van der Waals surface area contributed by atoms with Crippen LogP contribution in [0.5, 0.6) is 0 Å². The van der Waals surface area contributed by atoms with Crippen molar-refractivity contribution in [3.63, 3.8) is 0 Å². The fraction of sp³-hybridized carbons (Fsp3) is 0.529. The van der Waals surface area contributed by atoms with Crippen LogP contribution in [0.3, 0.4) is 0 Å². The number of aryl methyl sites for hydroxylation is 1. The Labute approximate surface area is 127 Å². The molecular weight excluding hydrogens is 264 g/mol. The number of nitrogens with zero attached hydrogens (tertiary/aromatic N) is 1. The Kier molecular flexibility index (Phi) is 7.69. The van der Waals surface area contributed by atoms with Gasteiger partial charge in [0.15, 0.2) is 5.78 Å². The molecular formula is C17H26N2O2. The quantitative estimate of drug-likeness (QED) is 0.561. The van der Waals surface area contributed by atoms with Crippen molar-refractivity contribution in [2.45, 2.75) is 32.6 Å². The highest BCUT2D eigenvalue weighted by atomic mass is 16.2. The summed E-state index contributed by atoms with van der Waals surface area (Å²) in [6, 6.07) is 7.62. The third-order valence-electron chi connectivity index (χ3n) is 3.37. The molecule has 1 aromatic carbocycles. The Morgan fingerprint density at radius 1 is 1.10 bits per heavy atom. The molecule has 0 aliphatic heterocycles. The second-order valence-corrected chi connectivity index (χ2v) is 5.48. The number of rotatable bonds is 9. The van der Waals surface area contributed by atoms with Crippen LogP contribution in [0.15, 0.2) is 24.3 Å². The van der Waals surface area contributed by atoms with Crippen molar-refractivity contribution in [1.29, 1.82) is 0 Å². The van der Waals surface area contributed by atoms with Crippen molar-refractivity contribution in [3.8, 4) is 0 Å². The first kappa shape index (κ1) is 17.4. The minimum Gasteiger partial charge on any atom is -0.356 e. The van der Waals surface area contributed by atoms with E-state index < -0.39 is 0 Å². The van der Waals surface area contributed by atoms with Gasteiger partial charge in [-0.05, 0) is 39.0 Å². The molecule has 0 heterocycles. The molecule has 0 unspecified atom stereocenters. The molecule has 0 aliphatic carbocycles. The van der Waals surface area contributed by atoms with Crippen molar-refractivity contribution in [3.05, 3.63) is 35.4 Å². The number of hydrogen-bond donors (Lipinski definition) is 1. The average Bonchev–Trinajstić information content (AvgIpc) is 2.49. The van der Waals surface area contributed by atoms with E-state index in [2.05, 4.69) is 17.1 Å². The Hall–Kier alpha value is -1.68. The zero-order chi connectivity index (χ0) is 15.7. The second-order valence-electron chi connectivity index (χ2n) is 5.48. The van der Waals surface area contributed by atoms with E-state index in [4.69, 9.17) is 0 Å². The lowest BCUT2D eigenvalue weighted by Gasteiger charge is -2.09. The van der Waals surface area contributed by atoms with Crippen LogP contribution in [-0.2, 0) is 11.2 Å². The Bertz CT molecular complexity index is 452. The third-order valence-corrected chi connectivity index (χ3v) is 3.37. The Morgan fingerprint density at radius 2 is 1.76 bits per heavy atom. The maximum atomic E-state index is 12.0. The molecule has 1 aromatic rings. The van der Waals surface area contributed by atoms with Crippen molar-refractivity contribution in [1.82, 2.24) is 10.2 Å². The minimum atomic E-state index is -0.0488. The normalized spacial score (nSPS) is 10.7. The molecule has 1 N–H and O–H groups in total. The van der Waals surface area contributed by atoms with Gasteiger partial charge in [0.2, 0.25) is 5.91 Å². The number of hydrogen-bond acceptors (Lipinski definition) is 3. The first-order valence-corrected chi connectivity index (χ1v) is 7.56.